The zero-order chi connectivity index (χ0) is 22.1. The third kappa shape index (κ3) is 7.64. The molecule has 1 heterocycles. The second-order valence-corrected chi connectivity index (χ2v) is 7.61. The van der Waals surface area contributed by atoms with Gasteiger partial charge in [0.1, 0.15) is 5.01 Å². The van der Waals surface area contributed by atoms with Crippen molar-refractivity contribution in [1.82, 2.24) is 25.8 Å². The van der Waals surface area contributed by atoms with Crippen LogP contribution in [0.15, 0.2) is 34.6 Å². The van der Waals surface area contributed by atoms with Gasteiger partial charge in [-0.3, -0.25) is 9.79 Å². The second-order valence-electron chi connectivity index (χ2n) is 6.66. The number of alkyl halides is 3. The maximum absolute atomic E-state index is 12.6. The number of carbonyl (C=O) groups is 1. The van der Waals surface area contributed by atoms with Crippen LogP contribution >= 0.6 is 11.3 Å². The molecule has 2 rings (SSSR count). The van der Waals surface area contributed by atoms with E-state index in [2.05, 4.69) is 25.9 Å². The van der Waals surface area contributed by atoms with Gasteiger partial charge in [-0.15, -0.1) is 11.3 Å². The Morgan fingerprint density at radius 2 is 1.93 bits per heavy atom. The summed E-state index contributed by atoms with van der Waals surface area (Å²) in [5.74, 6) is 0.269. The van der Waals surface area contributed by atoms with Crippen molar-refractivity contribution < 1.29 is 18.0 Å². The Labute approximate surface area is 177 Å². The molecule has 11 heteroatoms. The highest BCUT2D eigenvalue weighted by Crippen LogP contribution is 2.29. The third-order valence-electron chi connectivity index (χ3n) is 3.97. The molecule has 0 unspecified atom stereocenters. The highest BCUT2D eigenvalue weighted by molar-refractivity contribution is 7.09. The van der Waals surface area contributed by atoms with Crippen LogP contribution in [0, 0.1) is 0 Å². The van der Waals surface area contributed by atoms with E-state index in [4.69, 9.17) is 0 Å². The molecule has 1 aromatic carbocycles. The van der Waals surface area contributed by atoms with Crippen LogP contribution in [-0.2, 0) is 19.3 Å². The number of nitrogens with one attached hydrogen (secondary N) is 3. The second kappa shape index (κ2) is 10.9. The number of rotatable bonds is 8. The Morgan fingerprint density at radius 3 is 2.57 bits per heavy atom. The summed E-state index contributed by atoms with van der Waals surface area (Å²) < 4.78 is 37.9. The van der Waals surface area contributed by atoms with Crippen molar-refractivity contribution in [1.29, 1.82) is 0 Å². The Morgan fingerprint density at radius 1 is 1.20 bits per heavy atom. The summed E-state index contributed by atoms with van der Waals surface area (Å²) in [6.45, 7) is 1.81. The van der Waals surface area contributed by atoms with Crippen molar-refractivity contribution in [2.24, 2.45) is 4.99 Å². The average molecular weight is 443 g/mol. The molecule has 0 aliphatic rings. The fourth-order valence-electron chi connectivity index (χ4n) is 2.41. The van der Waals surface area contributed by atoms with E-state index in [1.54, 1.807) is 25.2 Å². The molecule has 0 aliphatic carbocycles. The SMILES string of the molecule is CN=C(NCc1cccc(C(=O)NCCN(C)C)c1)NCc1nc(C(F)(F)F)cs1. The van der Waals surface area contributed by atoms with Crippen LogP contribution in [0.5, 0.6) is 0 Å². The first-order valence-corrected chi connectivity index (χ1v) is 10.0. The molecular weight excluding hydrogens is 417 g/mol. The summed E-state index contributed by atoms with van der Waals surface area (Å²) in [6.07, 6.45) is -4.45. The van der Waals surface area contributed by atoms with E-state index in [9.17, 15) is 18.0 Å². The van der Waals surface area contributed by atoms with E-state index < -0.39 is 11.9 Å². The predicted molar refractivity (Wildman–Crippen MR) is 111 cm³/mol. The summed E-state index contributed by atoms with van der Waals surface area (Å²) in [7, 11) is 5.43. The standard InChI is InChI=1S/C19H25F3N6OS/c1-23-18(26-11-16-27-15(12-30-16)19(20,21)22)25-10-13-5-4-6-14(9-13)17(29)24-7-8-28(2)3/h4-6,9,12H,7-8,10-11H2,1-3H3,(H,24,29)(H2,23,25,26). The summed E-state index contributed by atoms with van der Waals surface area (Å²) in [5, 5.41) is 10.2. The number of amides is 1. The Bertz CT molecular complexity index is 866. The van der Waals surface area contributed by atoms with Gasteiger partial charge in [-0.2, -0.15) is 13.2 Å². The van der Waals surface area contributed by atoms with E-state index in [1.807, 2.05) is 25.1 Å². The molecule has 0 bridgehead atoms. The fraction of sp³-hybridized carbons (Fsp3) is 0.421. The molecule has 0 aliphatic heterocycles. The first kappa shape index (κ1) is 23.6. The lowest BCUT2D eigenvalue weighted by Crippen LogP contribution is -2.36. The number of thiazole rings is 1. The first-order valence-electron chi connectivity index (χ1n) is 9.17. The van der Waals surface area contributed by atoms with Crippen molar-refractivity contribution in [2.45, 2.75) is 19.3 Å². The molecule has 30 heavy (non-hydrogen) atoms. The van der Waals surface area contributed by atoms with Crippen LogP contribution in [-0.4, -0.2) is 56.0 Å². The monoisotopic (exact) mass is 442 g/mol. The van der Waals surface area contributed by atoms with Crippen LogP contribution in [0.4, 0.5) is 13.2 Å². The maximum Gasteiger partial charge on any atom is 0.434 e. The van der Waals surface area contributed by atoms with Crippen LogP contribution in [0.3, 0.4) is 0 Å². The van der Waals surface area contributed by atoms with Crippen molar-refractivity contribution in [3.8, 4) is 0 Å². The lowest BCUT2D eigenvalue weighted by atomic mass is 10.1. The quantitative estimate of drug-likeness (QED) is 0.432. The minimum absolute atomic E-state index is 0.120. The number of aliphatic imine (C=N–C) groups is 1. The van der Waals surface area contributed by atoms with Gasteiger partial charge in [-0.1, -0.05) is 12.1 Å². The zero-order valence-electron chi connectivity index (χ0n) is 17.0. The Kier molecular flexibility index (Phi) is 8.60. The molecule has 0 fully saturated rings. The normalized spacial score (nSPS) is 12.2. The van der Waals surface area contributed by atoms with Crippen molar-refractivity contribution in [3.63, 3.8) is 0 Å². The molecule has 0 saturated heterocycles. The number of benzene rings is 1. The van der Waals surface area contributed by atoms with Gasteiger partial charge in [0.05, 0.1) is 6.54 Å². The molecule has 0 radical (unpaired) electrons. The molecule has 0 atom stereocenters. The number of nitrogens with zero attached hydrogens (tertiary/aromatic N) is 3. The highest BCUT2D eigenvalue weighted by Gasteiger charge is 2.33. The van der Waals surface area contributed by atoms with Gasteiger partial charge in [0.25, 0.3) is 5.91 Å². The smallest absolute Gasteiger partial charge is 0.352 e. The van der Waals surface area contributed by atoms with Crippen molar-refractivity contribution >= 4 is 23.2 Å². The summed E-state index contributed by atoms with van der Waals surface area (Å²) >= 11 is 0.933. The van der Waals surface area contributed by atoms with Gasteiger partial charge < -0.3 is 20.9 Å². The molecule has 3 N–H and O–H groups in total. The highest BCUT2D eigenvalue weighted by atomic mass is 32.1. The van der Waals surface area contributed by atoms with Crippen molar-refractivity contribution in [3.05, 3.63) is 51.5 Å². The topological polar surface area (TPSA) is 81.7 Å². The summed E-state index contributed by atoms with van der Waals surface area (Å²) in [5.41, 5.74) is 0.526. The lowest BCUT2D eigenvalue weighted by molar-refractivity contribution is -0.140. The van der Waals surface area contributed by atoms with Crippen LogP contribution in [0.25, 0.3) is 0 Å². The van der Waals surface area contributed by atoms with E-state index in [1.165, 1.54) is 0 Å². The number of halogens is 3. The molecule has 7 nitrogen and oxygen atoms in total. The molecule has 0 spiro atoms. The van der Waals surface area contributed by atoms with Crippen LogP contribution in [0.2, 0.25) is 0 Å². The number of likely N-dealkylation sites (N-methyl/N-ethyl adjacent to an activating group) is 1. The maximum atomic E-state index is 12.6. The minimum Gasteiger partial charge on any atom is -0.352 e. The Balaban J connectivity index is 1.86. The minimum atomic E-state index is -4.45. The summed E-state index contributed by atoms with van der Waals surface area (Å²) in [6, 6.07) is 7.18. The number of hydrogen-bond acceptors (Lipinski definition) is 5. The number of carbonyl (C=O) groups excluding carboxylic acids is 1. The van der Waals surface area contributed by atoms with Gasteiger partial charge in [-0.05, 0) is 31.8 Å². The van der Waals surface area contributed by atoms with Gasteiger partial charge in [0, 0.05) is 37.6 Å². The average Bonchev–Trinajstić information content (AvgIpc) is 3.17. The van der Waals surface area contributed by atoms with Crippen LogP contribution in [0.1, 0.15) is 26.6 Å². The van der Waals surface area contributed by atoms with Crippen molar-refractivity contribution in [2.75, 3.05) is 34.2 Å². The third-order valence-corrected chi connectivity index (χ3v) is 4.82. The number of guanidine groups is 1. The van der Waals surface area contributed by atoms with Gasteiger partial charge in [0.2, 0.25) is 0 Å². The van der Waals surface area contributed by atoms with Gasteiger partial charge in [-0.25, -0.2) is 4.98 Å². The molecule has 1 aromatic heterocycles. The Hall–Kier alpha value is -2.66. The largest absolute Gasteiger partial charge is 0.434 e. The zero-order valence-corrected chi connectivity index (χ0v) is 17.8. The molecule has 2 aromatic rings. The van der Waals surface area contributed by atoms with E-state index in [-0.39, 0.29) is 12.5 Å². The first-order chi connectivity index (χ1) is 14.2. The summed E-state index contributed by atoms with van der Waals surface area (Å²) in [4.78, 5) is 21.8. The molecule has 164 valence electrons. The molecular formula is C19H25F3N6OS. The molecule has 1 amide bonds. The van der Waals surface area contributed by atoms with Crippen LogP contribution < -0.4 is 16.0 Å². The van der Waals surface area contributed by atoms with Gasteiger partial charge in [0.15, 0.2) is 11.7 Å². The van der Waals surface area contributed by atoms with E-state index in [0.717, 1.165) is 28.8 Å². The van der Waals surface area contributed by atoms with E-state index in [0.29, 0.717) is 29.6 Å². The number of hydrogen-bond donors (Lipinski definition) is 3. The molecule has 0 saturated carbocycles. The van der Waals surface area contributed by atoms with Gasteiger partial charge >= 0.3 is 6.18 Å². The van der Waals surface area contributed by atoms with E-state index >= 15 is 0 Å². The lowest BCUT2D eigenvalue weighted by Gasteiger charge is -2.12. The number of aromatic nitrogens is 1. The predicted octanol–water partition coefficient (Wildman–Crippen LogP) is 2.32. The fourth-order valence-corrected chi connectivity index (χ4v) is 3.15.